The van der Waals surface area contributed by atoms with Gasteiger partial charge in [-0.1, -0.05) is 31.4 Å². The normalized spacial score (nSPS) is 17.8. The maximum atomic E-state index is 13.0. The molecule has 3 amide bonds. The first-order valence-corrected chi connectivity index (χ1v) is 33.8. The summed E-state index contributed by atoms with van der Waals surface area (Å²) in [6, 6.07) is 19.6. The van der Waals surface area contributed by atoms with E-state index in [0.717, 1.165) is 112 Å². The SMILES string of the molecule is CN(C/C=C/C(=O)O)C1CC1.CN1CCc2sc(NC(=O)c3ccc(Oc4ccnc5[nH]nc(NC6CCCCC6)c45)cc3)nc2C1.CN1CCc2sc(NC(=O)c3ccc(Oc4ccnc5[nH]nc(N[C@@H]6CCCN(C(=O)/C=C/CN(C)C7CC7)C6)c45)cc3)nc2C1. The number of likely N-dealkylation sites (N-methyl/N-ethyl adjacent to an activating group) is 4. The van der Waals surface area contributed by atoms with Gasteiger partial charge in [0.1, 0.15) is 33.8 Å². The number of fused-ring (bicyclic) bond motifs is 4. The van der Waals surface area contributed by atoms with Crippen LogP contribution in [0.3, 0.4) is 0 Å². The highest BCUT2D eigenvalue weighted by Crippen LogP contribution is 2.37. The molecule has 0 spiro atoms. The zero-order valence-corrected chi connectivity index (χ0v) is 54.7. The predicted octanol–water partition coefficient (Wildman–Crippen LogP) is 10.4. The van der Waals surface area contributed by atoms with E-state index in [1.807, 2.05) is 24.1 Å². The largest absolute Gasteiger partial charge is 0.478 e. The number of nitrogens with one attached hydrogen (secondary N) is 6. The number of aliphatic carboxylic acids is 1. The van der Waals surface area contributed by atoms with E-state index >= 15 is 0 Å². The molecule has 488 valence electrons. The van der Waals surface area contributed by atoms with Crippen molar-refractivity contribution < 1.29 is 33.8 Å². The molecule has 3 aliphatic carbocycles. The highest BCUT2D eigenvalue weighted by Gasteiger charge is 2.29. The summed E-state index contributed by atoms with van der Waals surface area (Å²) in [5.41, 5.74) is 4.45. The summed E-state index contributed by atoms with van der Waals surface area (Å²) in [4.78, 5) is 80.1. The van der Waals surface area contributed by atoms with Crippen molar-refractivity contribution in [3.05, 3.63) is 130 Å². The van der Waals surface area contributed by atoms with Gasteiger partial charge in [0, 0.05) is 134 Å². The summed E-state index contributed by atoms with van der Waals surface area (Å²) in [7, 11) is 8.29. The van der Waals surface area contributed by atoms with Gasteiger partial charge in [-0.15, -0.1) is 22.7 Å². The average Bonchev–Trinajstić information content (AvgIpc) is 1.92. The number of carboxylic acids is 1. The van der Waals surface area contributed by atoms with E-state index in [-0.39, 0.29) is 23.8 Å². The second-order valence-electron chi connectivity index (χ2n) is 24.9. The number of ether oxygens (including phenoxy) is 2. The van der Waals surface area contributed by atoms with E-state index in [4.69, 9.17) is 14.6 Å². The molecule has 4 fully saturated rings. The van der Waals surface area contributed by atoms with E-state index in [1.54, 1.807) is 102 Å². The third kappa shape index (κ3) is 17.1. The zero-order valence-electron chi connectivity index (χ0n) is 53.0. The summed E-state index contributed by atoms with van der Waals surface area (Å²) in [5, 5.41) is 39.1. The fourth-order valence-electron chi connectivity index (χ4n) is 11.9. The number of rotatable bonds is 20. The molecule has 0 radical (unpaired) electrons. The Balaban J connectivity index is 0.000000157. The minimum absolute atomic E-state index is 0.0434. The minimum Gasteiger partial charge on any atom is -0.478 e. The predicted molar refractivity (Wildman–Crippen MR) is 362 cm³/mol. The molecule has 93 heavy (non-hydrogen) atoms. The number of carboxylic acid groups (broad SMARTS) is 1. The molecule has 26 heteroatoms. The number of nitrogens with zero attached hydrogens (tertiary/aromatic N) is 11. The smallest absolute Gasteiger partial charge is 0.328 e. The summed E-state index contributed by atoms with van der Waals surface area (Å²) < 4.78 is 12.5. The second-order valence-corrected chi connectivity index (χ2v) is 27.0. The molecule has 2 aromatic carbocycles. The number of H-pyrrole nitrogens is 2. The number of hydrogen-bond acceptors (Lipinski definition) is 20. The molecule has 9 heterocycles. The van der Waals surface area contributed by atoms with Gasteiger partial charge in [-0.25, -0.2) is 24.7 Å². The summed E-state index contributed by atoms with van der Waals surface area (Å²) in [5.74, 6) is 2.67. The Bertz CT molecular complexity index is 3960. The number of hydrogen-bond donors (Lipinski definition) is 7. The molecule has 8 aromatic rings. The van der Waals surface area contributed by atoms with E-state index < -0.39 is 5.97 Å². The minimum atomic E-state index is -0.866. The van der Waals surface area contributed by atoms with Crippen LogP contribution < -0.4 is 30.7 Å². The van der Waals surface area contributed by atoms with Crippen LogP contribution in [0.5, 0.6) is 23.0 Å². The van der Waals surface area contributed by atoms with Crippen LogP contribution in [-0.2, 0) is 35.5 Å². The number of carbonyl (C=O) groups is 4. The Hall–Kier alpha value is -8.66. The Morgan fingerprint density at radius 2 is 1.09 bits per heavy atom. The molecule has 0 bridgehead atoms. The fraction of sp³-hybridized carbons (Fsp3) is 0.433. The van der Waals surface area contributed by atoms with Gasteiger partial charge in [-0.3, -0.25) is 45.0 Å². The molecule has 6 aromatic heterocycles. The Kier molecular flexibility index (Phi) is 20.8. The highest BCUT2D eigenvalue weighted by atomic mass is 32.1. The molecule has 24 nitrogen and oxygen atoms in total. The maximum Gasteiger partial charge on any atom is 0.328 e. The lowest BCUT2D eigenvalue weighted by Crippen LogP contribution is -2.44. The monoisotopic (exact) mass is 1300 g/mol. The first-order valence-electron chi connectivity index (χ1n) is 32.2. The number of piperidine rings is 1. The summed E-state index contributed by atoms with van der Waals surface area (Å²) in [6.07, 6.45) is 24.8. The molecular weight excluding hydrogens is 1220 g/mol. The van der Waals surface area contributed by atoms with Crippen molar-refractivity contribution in [3.8, 4) is 23.0 Å². The number of anilines is 4. The second kappa shape index (κ2) is 30.0. The van der Waals surface area contributed by atoms with Gasteiger partial charge in [0.2, 0.25) is 5.91 Å². The lowest BCUT2D eigenvalue weighted by atomic mass is 9.95. The van der Waals surface area contributed by atoms with Crippen molar-refractivity contribution in [2.45, 2.75) is 121 Å². The number of amides is 3. The van der Waals surface area contributed by atoms with E-state index in [1.165, 1.54) is 60.8 Å². The zero-order chi connectivity index (χ0) is 64.4. The van der Waals surface area contributed by atoms with Gasteiger partial charge < -0.3 is 39.9 Å². The molecule has 0 unspecified atom stereocenters. The fourth-order valence-corrected chi connectivity index (χ4v) is 13.8. The van der Waals surface area contributed by atoms with Crippen molar-refractivity contribution >= 4 is 90.3 Å². The van der Waals surface area contributed by atoms with Gasteiger partial charge >= 0.3 is 5.97 Å². The number of thiazole rings is 2. The topological polar surface area (TPSA) is 280 Å². The first kappa shape index (κ1) is 64.4. The molecule has 1 saturated heterocycles. The Morgan fingerprint density at radius 1 is 0.613 bits per heavy atom. The number of aromatic nitrogens is 8. The lowest BCUT2D eigenvalue weighted by Gasteiger charge is -2.32. The summed E-state index contributed by atoms with van der Waals surface area (Å²) in [6.45, 7) is 6.53. The number of likely N-dealkylation sites (tertiary alicyclic amines) is 1. The van der Waals surface area contributed by atoms with Crippen LogP contribution in [0.1, 0.15) is 112 Å². The van der Waals surface area contributed by atoms with Crippen molar-refractivity contribution in [2.75, 3.05) is 88.7 Å². The molecule has 6 aliphatic rings. The molecular formula is C67H81N17O7S2. The molecule has 14 rings (SSSR count). The van der Waals surface area contributed by atoms with Crippen LogP contribution in [0.25, 0.3) is 22.1 Å². The van der Waals surface area contributed by atoms with Crippen LogP contribution in [-0.4, -0.2) is 185 Å². The van der Waals surface area contributed by atoms with E-state index in [0.29, 0.717) is 86.2 Å². The molecule has 7 N–H and O–H groups in total. The van der Waals surface area contributed by atoms with Gasteiger partial charge in [0.25, 0.3) is 11.8 Å². The molecule has 1 atom stereocenters. The lowest BCUT2D eigenvalue weighted by molar-refractivity contribution is -0.131. The maximum absolute atomic E-state index is 13.0. The summed E-state index contributed by atoms with van der Waals surface area (Å²) >= 11 is 3.12. The Morgan fingerprint density at radius 3 is 1.57 bits per heavy atom. The van der Waals surface area contributed by atoms with Gasteiger partial charge in [-0.2, -0.15) is 10.2 Å². The quantitative estimate of drug-likeness (QED) is 0.0349. The van der Waals surface area contributed by atoms with E-state index in [9.17, 15) is 19.2 Å². The standard InChI is InChI=1S/C33H39N9O3S.C26H29N7O2S.C8H13NO2/c1-40-18-14-27-25(20-40)36-33(46-27)37-32(44)21-7-11-24(12-8-21)45-26-13-15-34-30-29(26)31(39-38-30)35-22-5-3-17-42(19-22)28(43)6-4-16-41(2)23-9-10-23;1-33-14-12-21-19(15-33)29-26(36-21)30-25(34)16-7-9-18(10-8-16)35-20-11-13-27-23-22(20)24(32-31-23)28-17-5-3-2-4-6-17;1-9(7-4-5-7)6-2-3-8(10)11/h4,6-8,11-13,15,22-23H,3,5,9-10,14,16-20H2,1-2H3,(H,36,37,44)(H2,34,35,38,39);7-11,13,17H,2-6,12,14-15H2,1H3,(H,29,30,34)(H2,27,28,31,32);2-3,7H,4-6H2,1H3,(H,10,11)/b6-4+;;3-2+/t22-;;/m1../s1. The Labute approximate surface area is 548 Å². The molecule has 3 saturated carbocycles. The highest BCUT2D eigenvalue weighted by molar-refractivity contribution is 7.16. The van der Waals surface area contributed by atoms with Gasteiger partial charge in [0.05, 0.1) is 11.4 Å². The van der Waals surface area contributed by atoms with Crippen LogP contribution >= 0.6 is 22.7 Å². The van der Waals surface area contributed by atoms with Crippen LogP contribution in [0.15, 0.2) is 97.4 Å². The third-order valence-corrected chi connectivity index (χ3v) is 19.6. The van der Waals surface area contributed by atoms with Crippen molar-refractivity contribution in [1.29, 1.82) is 0 Å². The van der Waals surface area contributed by atoms with Crippen molar-refractivity contribution in [1.82, 2.24) is 64.8 Å². The van der Waals surface area contributed by atoms with Crippen LogP contribution in [0.4, 0.5) is 21.9 Å². The molecule has 3 aliphatic heterocycles. The first-order chi connectivity index (χ1) is 45.2. The number of aromatic amines is 2. The van der Waals surface area contributed by atoms with Crippen LogP contribution in [0, 0.1) is 0 Å². The average molecular weight is 1300 g/mol. The van der Waals surface area contributed by atoms with Crippen molar-refractivity contribution in [2.24, 2.45) is 0 Å². The van der Waals surface area contributed by atoms with E-state index in [2.05, 4.69) is 102 Å². The van der Waals surface area contributed by atoms with Crippen molar-refractivity contribution in [3.63, 3.8) is 0 Å². The number of benzene rings is 2. The van der Waals surface area contributed by atoms with Crippen LogP contribution in [0.2, 0.25) is 0 Å². The number of pyridine rings is 2. The van der Waals surface area contributed by atoms with Gasteiger partial charge in [0.15, 0.2) is 33.2 Å². The number of carbonyl (C=O) groups excluding carboxylic acids is 3. The van der Waals surface area contributed by atoms with Gasteiger partial charge in [-0.05, 0) is 141 Å². The third-order valence-electron chi connectivity index (χ3n) is 17.5.